The van der Waals surface area contributed by atoms with E-state index in [0.717, 1.165) is 22.8 Å². The second-order valence-electron chi connectivity index (χ2n) is 4.72. The van der Waals surface area contributed by atoms with Gasteiger partial charge in [0.25, 0.3) is 0 Å². The van der Waals surface area contributed by atoms with Crippen LogP contribution in [0.4, 0.5) is 0 Å². The number of aliphatic imine (C=N–C) groups is 1. The molecular weight excluding hydrogens is 469 g/mol. The van der Waals surface area contributed by atoms with Gasteiger partial charge >= 0.3 is 0 Å². The molecule has 1 heterocycles. The largest absolute Gasteiger partial charge is 0.357 e. The lowest BCUT2D eigenvalue weighted by molar-refractivity contribution is 0.665. The van der Waals surface area contributed by atoms with Crippen molar-refractivity contribution in [1.29, 1.82) is 0 Å². The van der Waals surface area contributed by atoms with Gasteiger partial charge in [-0.05, 0) is 55.1 Å². The molecule has 2 N–H and O–H groups in total. The summed E-state index contributed by atoms with van der Waals surface area (Å²) in [5.41, 5.74) is 0. The molecule has 0 aliphatic rings. The number of guanidine groups is 1. The van der Waals surface area contributed by atoms with Gasteiger partial charge in [-0.15, -0.1) is 35.3 Å². The van der Waals surface area contributed by atoms with Crippen LogP contribution >= 0.6 is 63.0 Å². The number of thiophene rings is 1. The molecule has 3 nitrogen and oxygen atoms in total. The van der Waals surface area contributed by atoms with E-state index in [1.165, 1.54) is 4.88 Å². The van der Waals surface area contributed by atoms with E-state index < -0.39 is 0 Å². The third-order valence-electron chi connectivity index (χ3n) is 2.60. The fraction of sp³-hybridized carbons (Fsp3) is 0.615. The zero-order valence-corrected chi connectivity index (χ0v) is 17.9. The average Bonchev–Trinajstić information content (AvgIpc) is 2.79. The average molecular weight is 492 g/mol. The normalized spacial score (nSPS) is 11.9. The minimum Gasteiger partial charge on any atom is -0.357 e. The van der Waals surface area contributed by atoms with Crippen LogP contribution in [0.1, 0.15) is 25.6 Å². The molecule has 0 spiro atoms. The maximum absolute atomic E-state index is 4.61. The summed E-state index contributed by atoms with van der Waals surface area (Å²) >= 11 is 7.05. The van der Waals surface area contributed by atoms with E-state index in [1.54, 1.807) is 11.3 Å². The Hall–Kier alpha value is 0.530. The topological polar surface area (TPSA) is 36.4 Å². The van der Waals surface area contributed by atoms with Crippen LogP contribution in [0.25, 0.3) is 0 Å². The predicted molar refractivity (Wildman–Crippen MR) is 108 cm³/mol. The molecule has 0 saturated heterocycles. The summed E-state index contributed by atoms with van der Waals surface area (Å²) in [4.78, 5) is 5.87. The lowest BCUT2D eigenvalue weighted by atomic mass is 10.2. The Labute approximate surface area is 155 Å². The number of halogens is 2. The van der Waals surface area contributed by atoms with Crippen molar-refractivity contribution in [2.24, 2.45) is 4.99 Å². The zero-order chi connectivity index (χ0) is 14.3. The SMILES string of the molecule is CCNC(=NCc1ccc(Br)s1)NCC(C)(C)SC.I. The summed E-state index contributed by atoms with van der Waals surface area (Å²) in [5, 5.41) is 6.68. The first-order chi connectivity index (χ1) is 8.96. The molecule has 0 bridgehead atoms. The second kappa shape index (κ2) is 10.3. The van der Waals surface area contributed by atoms with E-state index in [1.807, 2.05) is 11.8 Å². The third-order valence-corrected chi connectivity index (χ3v) is 5.46. The van der Waals surface area contributed by atoms with Gasteiger partial charge in [-0.2, -0.15) is 11.8 Å². The maximum Gasteiger partial charge on any atom is 0.191 e. The van der Waals surface area contributed by atoms with E-state index in [-0.39, 0.29) is 28.7 Å². The summed E-state index contributed by atoms with van der Waals surface area (Å²) in [6, 6.07) is 4.17. The van der Waals surface area contributed by atoms with Crippen LogP contribution in [0, 0.1) is 0 Å². The highest BCUT2D eigenvalue weighted by molar-refractivity contribution is 14.0. The van der Waals surface area contributed by atoms with Gasteiger partial charge < -0.3 is 10.6 Å². The standard InChI is InChI=1S/C13H22BrN3S2.HI/c1-5-15-12(17-9-13(2,3)18-4)16-8-10-6-7-11(14)19-10;/h6-7H,5,8-9H2,1-4H3,(H2,15,16,17);1H. The van der Waals surface area contributed by atoms with Gasteiger partial charge in [-0.3, -0.25) is 0 Å². The van der Waals surface area contributed by atoms with Crippen molar-refractivity contribution >= 4 is 69.0 Å². The Morgan fingerprint density at radius 1 is 1.40 bits per heavy atom. The Balaban J connectivity index is 0.00000361. The minimum atomic E-state index is 0. The van der Waals surface area contributed by atoms with Gasteiger partial charge in [0.15, 0.2) is 5.96 Å². The van der Waals surface area contributed by atoms with Gasteiger partial charge in [0, 0.05) is 22.7 Å². The monoisotopic (exact) mass is 491 g/mol. The Kier molecular flexibility index (Phi) is 10.6. The first-order valence-corrected chi connectivity index (χ1v) is 9.12. The van der Waals surface area contributed by atoms with E-state index in [4.69, 9.17) is 0 Å². The van der Waals surface area contributed by atoms with E-state index >= 15 is 0 Å². The van der Waals surface area contributed by atoms with Crippen LogP contribution in [0.5, 0.6) is 0 Å². The summed E-state index contributed by atoms with van der Waals surface area (Å²) in [7, 11) is 0. The molecule has 1 rings (SSSR count). The zero-order valence-electron chi connectivity index (χ0n) is 12.3. The molecule has 0 atom stereocenters. The molecule has 1 aromatic rings. The fourth-order valence-corrected chi connectivity index (χ4v) is 2.93. The Bertz CT molecular complexity index is 422. The number of hydrogen-bond donors (Lipinski definition) is 2. The number of rotatable bonds is 6. The minimum absolute atomic E-state index is 0. The van der Waals surface area contributed by atoms with Gasteiger partial charge in [-0.25, -0.2) is 4.99 Å². The molecule has 0 amide bonds. The second-order valence-corrected chi connectivity index (χ2v) is 8.78. The van der Waals surface area contributed by atoms with Crippen LogP contribution in [0.15, 0.2) is 20.9 Å². The highest BCUT2D eigenvalue weighted by atomic mass is 127. The van der Waals surface area contributed by atoms with Crippen molar-refractivity contribution in [3.63, 3.8) is 0 Å². The molecule has 116 valence electrons. The quantitative estimate of drug-likeness (QED) is 0.353. The molecule has 1 aromatic heterocycles. The van der Waals surface area contributed by atoms with E-state index in [0.29, 0.717) is 6.54 Å². The summed E-state index contributed by atoms with van der Waals surface area (Å²) in [5.74, 6) is 0.883. The van der Waals surface area contributed by atoms with Crippen molar-refractivity contribution in [1.82, 2.24) is 10.6 Å². The first kappa shape index (κ1) is 20.5. The highest BCUT2D eigenvalue weighted by Gasteiger charge is 2.16. The van der Waals surface area contributed by atoms with Gasteiger partial charge in [0.2, 0.25) is 0 Å². The highest BCUT2D eigenvalue weighted by Crippen LogP contribution is 2.22. The van der Waals surface area contributed by atoms with E-state index in [2.05, 4.69) is 70.7 Å². The van der Waals surface area contributed by atoms with Crippen molar-refractivity contribution in [3.8, 4) is 0 Å². The van der Waals surface area contributed by atoms with Crippen molar-refractivity contribution in [2.45, 2.75) is 32.1 Å². The molecule has 0 aliphatic carbocycles. The van der Waals surface area contributed by atoms with Gasteiger partial charge in [-0.1, -0.05) is 0 Å². The van der Waals surface area contributed by atoms with Crippen LogP contribution in [0.2, 0.25) is 0 Å². The predicted octanol–water partition coefficient (Wildman–Crippen LogP) is 4.33. The molecule has 0 unspecified atom stereocenters. The number of hydrogen-bond acceptors (Lipinski definition) is 3. The van der Waals surface area contributed by atoms with Crippen molar-refractivity contribution in [2.75, 3.05) is 19.3 Å². The molecule has 0 aliphatic heterocycles. The smallest absolute Gasteiger partial charge is 0.191 e. The molecule has 0 saturated carbocycles. The third kappa shape index (κ3) is 8.09. The lowest BCUT2D eigenvalue weighted by Gasteiger charge is -2.23. The first-order valence-electron chi connectivity index (χ1n) is 6.28. The number of thioether (sulfide) groups is 1. The molecule has 0 aromatic carbocycles. The maximum atomic E-state index is 4.61. The van der Waals surface area contributed by atoms with Gasteiger partial charge in [0.05, 0.1) is 10.3 Å². The van der Waals surface area contributed by atoms with Crippen LogP contribution < -0.4 is 10.6 Å². The van der Waals surface area contributed by atoms with Crippen molar-refractivity contribution < 1.29 is 0 Å². The summed E-state index contributed by atoms with van der Waals surface area (Å²) in [6.07, 6.45) is 2.13. The lowest BCUT2D eigenvalue weighted by Crippen LogP contribution is -2.43. The van der Waals surface area contributed by atoms with Crippen LogP contribution in [-0.2, 0) is 6.54 Å². The molecule has 20 heavy (non-hydrogen) atoms. The number of nitrogens with zero attached hydrogens (tertiary/aromatic N) is 1. The van der Waals surface area contributed by atoms with Crippen LogP contribution in [-0.4, -0.2) is 30.1 Å². The van der Waals surface area contributed by atoms with E-state index in [9.17, 15) is 0 Å². The Morgan fingerprint density at radius 2 is 2.10 bits per heavy atom. The fourth-order valence-electron chi connectivity index (χ4n) is 1.30. The number of nitrogens with one attached hydrogen (secondary N) is 2. The summed E-state index contributed by atoms with van der Waals surface area (Å²) < 4.78 is 1.36. The summed E-state index contributed by atoms with van der Waals surface area (Å²) in [6.45, 7) is 9.02. The van der Waals surface area contributed by atoms with Gasteiger partial charge in [0.1, 0.15) is 0 Å². The molecule has 0 radical (unpaired) electrons. The van der Waals surface area contributed by atoms with Crippen molar-refractivity contribution in [3.05, 3.63) is 20.8 Å². The molecular formula is C13H23BrIN3S2. The Morgan fingerprint density at radius 3 is 2.60 bits per heavy atom. The van der Waals surface area contributed by atoms with Crippen LogP contribution in [0.3, 0.4) is 0 Å². The molecule has 0 fully saturated rings. The molecule has 7 heteroatoms.